The minimum atomic E-state index is -0.163. The fraction of sp³-hybridized carbons (Fsp3) is 0.500. The third kappa shape index (κ3) is 4.39. The Balaban J connectivity index is 1.59. The second-order valence-electron chi connectivity index (χ2n) is 6.93. The Morgan fingerprint density at radius 3 is 2.75 bits per heavy atom. The van der Waals surface area contributed by atoms with E-state index in [-0.39, 0.29) is 5.91 Å². The molecule has 6 heteroatoms. The summed E-state index contributed by atoms with van der Waals surface area (Å²) in [6.45, 7) is 9.62. The van der Waals surface area contributed by atoms with Gasteiger partial charge < -0.3 is 0 Å². The summed E-state index contributed by atoms with van der Waals surface area (Å²) in [6, 6.07) is 3.61. The maximum Gasteiger partial charge on any atom is 0.259 e. The highest BCUT2D eigenvalue weighted by molar-refractivity contribution is 7.13. The molecule has 5 nitrogen and oxygen atoms in total. The Labute approximate surface area is 147 Å². The lowest BCUT2D eigenvalue weighted by atomic mass is 9.92. The van der Waals surface area contributed by atoms with Crippen molar-refractivity contribution in [3.05, 3.63) is 40.7 Å². The van der Waals surface area contributed by atoms with Crippen LogP contribution in [0.15, 0.2) is 23.7 Å². The van der Waals surface area contributed by atoms with Crippen molar-refractivity contribution in [1.82, 2.24) is 14.9 Å². The summed E-state index contributed by atoms with van der Waals surface area (Å²) in [7, 11) is 0. The van der Waals surface area contributed by atoms with Gasteiger partial charge in [0, 0.05) is 36.9 Å². The number of rotatable bonds is 4. The van der Waals surface area contributed by atoms with Crippen molar-refractivity contribution in [2.24, 2.45) is 11.8 Å². The average molecular weight is 344 g/mol. The van der Waals surface area contributed by atoms with Crippen LogP contribution in [0.25, 0.3) is 0 Å². The maximum atomic E-state index is 12.2. The van der Waals surface area contributed by atoms with Gasteiger partial charge in [-0.1, -0.05) is 13.8 Å². The van der Waals surface area contributed by atoms with Gasteiger partial charge in [-0.15, -0.1) is 11.3 Å². The van der Waals surface area contributed by atoms with E-state index in [0.717, 1.165) is 42.9 Å². The van der Waals surface area contributed by atoms with E-state index in [4.69, 9.17) is 0 Å². The number of anilines is 1. The van der Waals surface area contributed by atoms with Crippen molar-refractivity contribution >= 4 is 22.4 Å². The number of carbonyl (C=O) groups is 1. The van der Waals surface area contributed by atoms with Crippen LogP contribution in [0.3, 0.4) is 0 Å². The summed E-state index contributed by atoms with van der Waals surface area (Å²) in [6.07, 6.45) is 2.90. The monoisotopic (exact) mass is 344 g/mol. The van der Waals surface area contributed by atoms with Crippen LogP contribution in [0.4, 0.5) is 5.13 Å². The lowest BCUT2D eigenvalue weighted by molar-refractivity contribution is 0.102. The number of nitrogens with one attached hydrogen (secondary N) is 1. The van der Waals surface area contributed by atoms with E-state index in [9.17, 15) is 4.79 Å². The number of hydrogen-bond acceptors (Lipinski definition) is 5. The van der Waals surface area contributed by atoms with E-state index in [1.54, 1.807) is 12.3 Å². The number of piperidine rings is 1. The number of hydrogen-bond donors (Lipinski definition) is 1. The van der Waals surface area contributed by atoms with Crippen molar-refractivity contribution < 1.29 is 4.79 Å². The smallest absolute Gasteiger partial charge is 0.259 e. The molecule has 1 amide bonds. The molecule has 0 aromatic carbocycles. The molecule has 1 aliphatic heterocycles. The van der Waals surface area contributed by atoms with Crippen molar-refractivity contribution in [3.63, 3.8) is 0 Å². The summed E-state index contributed by atoms with van der Waals surface area (Å²) in [4.78, 5) is 23.4. The first-order chi connectivity index (χ1) is 11.5. The van der Waals surface area contributed by atoms with E-state index in [2.05, 4.69) is 34.0 Å². The molecule has 0 bridgehead atoms. The molecule has 0 spiro atoms. The molecule has 2 unspecified atom stereocenters. The molecule has 0 saturated carbocycles. The average Bonchev–Trinajstić information content (AvgIpc) is 2.93. The minimum Gasteiger partial charge on any atom is -0.298 e. The first kappa shape index (κ1) is 17.0. The van der Waals surface area contributed by atoms with E-state index in [1.165, 1.54) is 17.8 Å². The second kappa shape index (κ2) is 7.40. The Morgan fingerprint density at radius 1 is 1.33 bits per heavy atom. The van der Waals surface area contributed by atoms with Crippen LogP contribution >= 0.6 is 11.3 Å². The van der Waals surface area contributed by atoms with Crippen LogP contribution in [0, 0.1) is 18.8 Å². The zero-order valence-corrected chi connectivity index (χ0v) is 15.3. The molecule has 1 fully saturated rings. The number of nitrogens with zero attached hydrogens (tertiary/aromatic N) is 3. The van der Waals surface area contributed by atoms with E-state index in [0.29, 0.717) is 10.7 Å². The highest BCUT2D eigenvalue weighted by Gasteiger charge is 2.22. The molecule has 0 radical (unpaired) electrons. The van der Waals surface area contributed by atoms with Gasteiger partial charge in [0.15, 0.2) is 5.13 Å². The molecule has 0 aliphatic carbocycles. The molecule has 1 N–H and O–H groups in total. The van der Waals surface area contributed by atoms with E-state index in [1.807, 2.05) is 18.4 Å². The Morgan fingerprint density at radius 2 is 2.08 bits per heavy atom. The molecular formula is C18H24N4OS. The molecule has 1 saturated heterocycles. The number of carbonyl (C=O) groups excluding carboxylic acids is 1. The number of amides is 1. The molecule has 1 aliphatic rings. The van der Waals surface area contributed by atoms with Crippen molar-refractivity contribution in [2.75, 3.05) is 18.4 Å². The molecule has 2 aromatic heterocycles. The fourth-order valence-electron chi connectivity index (χ4n) is 3.36. The zero-order chi connectivity index (χ0) is 17.1. The SMILES string of the molecule is Cc1ccc(C(=O)Nc2nc(CN3CC(C)CC(C)C3)cs2)cn1. The van der Waals surface area contributed by atoms with Gasteiger partial charge in [0.05, 0.1) is 11.3 Å². The number of likely N-dealkylation sites (tertiary alicyclic amines) is 1. The van der Waals surface area contributed by atoms with Crippen LogP contribution in [0.1, 0.15) is 42.0 Å². The summed E-state index contributed by atoms with van der Waals surface area (Å²) in [5, 5.41) is 5.54. The lowest BCUT2D eigenvalue weighted by Crippen LogP contribution is -2.38. The fourth-order valence-corrected chi connectivity index (χ4v) is 4.06. The predicted octanol–water partition coefficient (Wildman–Crippen LogP) is 3.58. The summed E-state index contributed by atoms with van der Waals surface area (Å²) >= 11 is 1.48. The highest BCUT2D eigenvalue weighted by atomic mass is 32.1. The first-order valence-corrected chi connectivity index (χ1v) is 9.28. The summed E-state index contributed by atoms with van der Waals surface area (Å²) in [5.74, 6) is 1.31. The quantitative estimate of drug-likeness (QED) is 0.921. The normalized spacial score (nSPS) is 21.6. The Kier molecular flexibility index (Phi) is 5.26. The van der Waals surface area contributed by atoms with Crippen molar-refractivity contribution in [3.8, 4) is 0 Å². The second-order valence-corrected chi connectivity index (χ2v) is 7.78. The largest absolute Gasteiger partial charge is 0.298 e. The van der Waals surface area contributed by atoms with Gasteiger partial charge in [-0.25, -0.2) is 4.98 Å². The molecule has 2 aromatic rings. The van der Waals surface area contributed by atoms with Gasteiger partial charge in [-0.05, 0) is 37.3 Å². The van der Waals surface area contributed by atoms with E-state index < -0.39 is 0 Å². The van der Waals surface area contributed by atoms with Gasteiger partial charge in [-0.3, -0.25) is 20.0 Å². The summed E-state index contributed by atoms with van der Waals surface area (Å²) in [5.41, 5.74) is 2.47. The van der Waals surface area contributed by atoms with Gasteiger partial charge in [-0.2, -0.15) is 0 Å². The van der Waals surface area contributed by atoms with Crippen LogP contribution in [-0.2, 0) is 6.54 Å². The van der Waals surface area contributed by atoms with Gasteiger partial charge in [0.1, 0.15) is 0 Å². The maximum absolute atomic E-state index is 12.2. The van der Waals surface area contributed by atoms with Crippen molar-refractivity contribution in [2.45, 2.75) is 33.7 Å². The third-order valence-corrected chi connectivity index (χ3v) is 5.08. The highest BCUT2D eigenvalue weighted by Crippen LogP contribution is 2.24. The Bertz CT molecular complexity index is 687. The van der Waals surface area contributed by atoms with Crippen molar-refractivity contribution in [1.29, 1.82) is 0 Å². The Hall–Kier alpha value is -1.79. The molecule has 3 rings (SSSR count). The van der Waals surface area contributed by atoms with E-state index >= 15 is 0 Å². The standard InChI is InChI=1S/C18H24N4OS/c1-12-6-13(2)9-22(8-12)10-16-11-24-18(20-16)21-17(23)15-5-4-14(3)19-7-15/h4-5,7,11-13H,6,8-10H2,1-3H3,(H,20,21,23). The van der Waals surface area contributed by atoms with Gasteiger partial charge >= 0.3 is 0 Å². The first-order valence-electron chi connectivity index (χ1n) is 8.40. The van der Waals surface area contributed by atoms with Gasteiger partial charge in [0.25, 0.3) is 5.91 Å². The van der Waals surface area contributed by atoms with Crippen LogP contribution in [0.2, 0.25) is 0 Å². The molecular weight excluding hydrogens is 320 g/mol. The van der Waals surface area contributed by atoms with Crippen LogP contribution in [0.5, 0.6) is 0 Å². The van der Waals surface area contributed by atoms with Crippen LogP contribution < -0.4 is 5.32 Å². The molecule has 2 atom stereocenters. The molecule has 3 heterocycles. The zero-order valence-electron chi connectivity index (χ0n) is 14.5. The molecule has 24 heavy (non-hydrogen) atoms. The number of aryl methyl sites for hydroxylation is 1. The number of pyridine rings is 1. The predicted molar refractivity (Wildman–Crippen MR) is 97.3 cm³/mol. The van der Waals surface area contributed by atoms with Crippen LogP contribution in [-0.4, -0.2) is 33.9 Å². The van der Waals surface area contributed by atoms with Gasteiger partial charge in [0.2, 0.25) is 0 Å². The number of aromatic nitrogens is 2. The minimum absolute atomic E-state index is 0.163. The topological polar surface area (TPSA) is 58.1 Å². The molecule has 128 valence electrons. The number of thiazole rings is 1. The lowest BCUT2D eigenvalue weighted by Gasteiger charge is -2.34. The summed E-state index contributed by atoms with van der Waals surface area (Å²) < 4.78 is 0. The third-order valence-electron chi connectivity index (χ3n) is 4.28.